The lowest BCUT2D eigenvalue weighted by atomic mass is 9.95. The molecular formula is C26H31FN2O4. The number of amides is 1. The molecule has 0 bridgehead atoms. The number of benzene rings is 2. The van der Waals surface area contributed by atoms with Crippen LogP contribution in [0.25, 0.3) is 5.76 Å². The molecule has 1 fully saturated rings. The molecular weight excluding hydrogens is 423 g/mol. The van der Waals surface area contributed by atoms with Crippen LogP contribution in [0.4, 0.5) is 4.39 Å². The first kappa shape index (κ1) is 24.5. The van der Waals surface area contributed by atoms with Crippen molar-refractivity contribution >= 4 is 17.4 Å². The van der Waals surface area contributed by atoms with E-state index >= 15 is 0 Å². The first-order chi connectivity index (χ1) is 15.8. The minimum absolute atomic E-state index is 0.00341. The molecule has 7 heteroatoms. The highest BCUT2D eigenvalue weighted by Gasteiger charge is 2.45. The van der Waals surface area contributed by atoms with E-state index in [1.54, 1.807) is 24.3 Å². The SMILES string of the molecule is CCN(CC)CCN1C(=O)C(=O)/C(=C(/O)c2ccc(F)cc2)[C@H]1c1ccc(OC(C)C)cc1. The van der Waals surface area contributed by atoms with Gasteiger partial charge in [0.2, 0.25) is 0 Å². The Bertz CT molecular complexity index is 1010. The van der Waals surface area contributed by atoms with E-state index in [2.05, 4.69) is 4.90 Å². The lowest BCUT2D eigenvalue weighted by molar-refractivity contribution is -0.140. The van der Waals surface area contributed by atoms with E-state index in [1.165, 1.54) is 29.2 Å². The number of likely N-dealkylation sites (N-methyl/N-ethyl adjacent to an activating group) is 1. The normalized spacial score (nSPS) is 17.9. The van der Waals surface area contributed by atoms with Gasteiger partial charge in [0.05, 0.1) is 17.7 Å². The second-order valence-corrected chi connectivity index (χ2v) is 8.26. The third-order valence-corrected chi connectivity index (χ3v) is 5.78. The van der Waals surface area contributed by atoms with Gasteiger partial charge in [0.1, 0.15) is 17.3 Å². The monoisotopic (exact) mass is 454 g/mol. The van der Waals surface area contributed by atoms with Crippen molar-refractivity contribution in [2.24, 2.45) is 0 Å². The Morgan fingerprint density at radius 2 is 1.67 bits per heavy atom. The highest BCUT2D eigenvalue weighted by atomic mass is 19.1. The number of aliphatic hydroxyl groups excluding tert-OH is 1. The molecule has 1 aliphatic heterocycles. The summed E-state index contributed by atoms with van der Waals surface area (Å²) in [5, 5.41) is 11.0. The van der Waals surface area contributed by atoms with Crippen molar-refractivity contribution in [2.75, 3.05) is 26.2 Å². The Balaban J connectivity index is 2.06. The Labute approximate surface area is 194 Å². The summed E-state index contributed by atoms with van der Waals surface area (Å²) in [6, 6.07) is 11.6. The zero-order valence-corrected chi connectivity index (χ0v) is 19.5. The summed E-state index contributed by atoms with van der Waals surface area (Å²) < 4.78 is 19.1. The fourth-order valence-electron chi connectivity index (χ4n) is 4.01. The molecule has 1 atom stereocenters. The number of nitrogens with zero attached hydrogens (tertiary/aromatic N) is 2. The predicted molar refractivity (Wildman–Crippen MR) is 125 cm³/mol. The number of carbonyl (C=O) groups excluding carboxylic acids is 2. The Kier molecular flexibility index (Phi) is 7.87. The number of hydrogen-bond donors (Lipinski definition) is 1. The molecule has 1 aliphatic rings. The third kappa shape index (κ3) is 5.42. The van der Waals surface area contributed by atoms with Crippen LogP contribution in [0, 0.1) is 5.82 Å². The molecule has 3 rings (SSSR count). The van der Waals surface area contributed by atoms with Gasteiger partial charge in [-0.2, -0.15) is 0 Å². The second kappa shape index (κ2) is 10.6. The van der Waals surface area contributed by atoms with E-state index in [4.69, 9.17) is 4.74 Å². The van der Waals surface area contributed by atoms with E-state index in [9.17, 15) is 19.1 Å². The molecule has 0 aliphatic carbocycles. The number of hydrogen-bond acceptors (Lipinski definition) is 5. The van der Waals surface area contributed by atoms with Gasteiger partial charge in [-0.15, -0.1) is 0 Å². The molecule has 0 aromatic heterocycles. The van der Waals surface area contributed by atoms with Crippen molar-refractivity contribution in [3.05, 3.63) is 71.0 Å². The Hall–Kier alpha value is -3.19. The predicted octanol–water partition coefficient (Wildman–Crippen LogP) is 4.38. The van der Waals surface area contributed by atoms with Crippen molar-refractivity contribution < 1.29 is 23.8 Å². The Morgan fingerprint density at radius 1 is 1.06 bits per heavy atom. The van der Waals surface area contributed by atoms with E-state index in [0.29, 0.717) is 24.4 Å². The van der Waals surface area contributed by atoms with Crippen LogP contribution in [0.1, 0.15) is 44.9 Å². The average Bonchev–Trinajstić information content (AvgIpc) is 3.05. The fourth-order valence-corrected chi connectivity index (χ4v) is 4.01. The maximum absolute atomic E-state index is 13.4. The highest BCUT2D eigenvalue weighted by molar-refractivity contribution is 6.46. The van der Waals surface area contributed by atoms with Crippen LogP contribution in [0.15, 0.2) is 54.1 Å². The first-order valence-electron chi connectivity index (χ1n) is 11.3. The molecule has 1 saturated heterocycles. The summed E-state index contributed by atoms with van der Waals surface area (Å²) >= 11 is 0. The van der Waals surface area contributed by atoms with Crippen LogP contribution in [-0.2, 0) is 9.59 Å². The second-order valence-electron chi connectivity index (χ2n) is 8.26. The molecule has 2 aromatic carbocycles. The zero-order chi connectivity index (χ0) is 24.1. The molecule has 33 heavy (non-hydrogen) atoms. The van der Waals surface area contributed by atoms with Gasteiger partial charge in [-0.05, 0) is 68.9 Å². The van der Waals surface area contributed by atoms with E-state index in [1.807, 2.05) is 27.7 Å². The van der Waals surface area contributed by atoms with Gasteiger partial charge in [0.15, 0.2) is 0 Å². The number of ketones is 1. The van der Waals surface area contributed by atoms with Gasteiger partial charge in [0, 0.05) is 18.7 Å². The molecule has 0 spiro atoms. The van der Waals surface area contributed by atoms with Crippen LogP contribution in [0.5, 0.6) is 5.75 Å². The van der Waals surface area contributed by atoms with Crippen LogP contribution in [-0.4, -0.2) is 58.9 Å². The molecule has 6 nitrogen and oxygen atoms in total. The molecule has 1 amide bonds. The number of carbonyl (C=O) groups is 2. The Morgan fingerprint density at radius 3 is 2.21 bits per heavy atom. The molecule has 1 N–H and O–H groups in total. The molecule has 1 heterocycles. The highest BCUT2D eigenvalue weighted by Crippen LogP contribution is 2.39. The summed E-state index contributed by atoms with van der Waals surface area (Å²) in [5.74, 6) is -1.50. The standard InChI is InChI=1S/C26H31FN2O4/c1-5-28(6-2)15-16-29-23(18-9-13-21(14-10-18)33-17(3)4)22(25(31)26(29)32)24(30)19-7-11-20(27)12-8-19/h7-14,17,23,30H,5-6,15-16H2,1-4H3/b24-22+/t23-/m1/s1. The molecule has 0 saturated carbocycles. The summed E-state index contributed by atoms with van der Waals surface area (Å²) in [7, 11) is 0. The average molecular weight is 455 g/mol. The largest absolute Gasteiger partial charge is 0.507 e. The smallest absolute Gasteiger partial charge is 0.295 e. The van der Waals surface area contributed by atoms with Crippen molar-refractivity contribution in [1.29, 1.82) is 0 Å². The minimum Gasteiger partial charge on any atom is -0.507 e. The van der Waals surface area contributed by atoms with E-state index in [0.717, 1.165) is 13.1 Å². The number of aliphatic hydroxyl groups is 1. The maximum atomic E-state index is 13.4. The lowest BCUT2D eigenvalue weighted by Gasteiger charge is -2.28. The van der Waals surface area contributed by atoms with Crippen molar-refractivity contribution in [1.82, 2.24) is 9.80 Å². The summed E-state index contributed by atoms with van der Waals surface area (Å²) in [5.41, 5.74) is 0.972. The van der Waals surface area contributed by atoms with E-state index < -0.39 is 23.5 Å². The maximum Gasteiger partial charge on any atom is 0.295 e. The topological polar surface area (TPSA) is 70.1 Å². The molecule has 176 valence electrons. The van der Waals surface area contributed by atoms with Gasteiger partial charge in [-0.1, -0.05) is 26.0 Å². The number of likely N-dealkylation sites (tertiary alicyclic amines) is 1. The van der Waals surface area contributed by atoms with Crippen molar-refractivity contribution in [3.63, 3.8) is 0 Å². The van der Waals surface area contributed by atoms with Gasteiger partial charge >= 0.3 is 0 Å². The van der Waals surface area contributed by atoms with Crippen LogP contribution < -0.4 is 4.74 Å². The quantitative estimate of drug-likeness (QED) is 0.346. The first-order valence-corrected chi connectivity index (χ1v) is 11.3. The van der Waals surface area contributed by atoms with Crippen molar-refractivity contribution in [3.8, 4) is 5.75 Å². The number of rotatable bonds is 9. The molecule has 0 unspecified atom stereocenters. The van der Waals surface area contributed by atoms with Crippen LogP contribution in [0.3, 0.4) is 0 Å². The number of ether oxygens (including phenoxy) is 1. The number of halogens is 1. The lowest BCUT2D eigenvalue weighted by Crippen LogP contribution is -2.38. The molecule has 2 aromatic rings. The fraction of sp³-hybridized carbons (Fsp3) is 0.385. The van der Waals surface area contributed by atoms with Gasteiger partial charge in [-0.25, -0.2) is 4.39 Å². The summed E-state index contributed by atoms with van der Waals surface area (Å²) in [4.78, 5) is 29.7. The van der Waals surface area contributed by atoms with Crippen LogP contribution in [0.2, 0.25) is 0 Å². The zero-order valence-electron chi connectivity index (χ0n) is 19.5. The van der Waals surface area contributed by atoms with Gasteiger partial charge in [-0.3, -0.25) is 9.59 Å². The summed E-state index contributed by atoms with van der Waals surface area (Å²) in [6.07, 6.45) is 0.00836. The molecule has 0 radical (unpaired) electrons. The third-order valence-electron chi connectivity index (χ3n) is 5.78. The minimum atomic E-state index is -0.751. The van der Waals surface area contributed by atoms with Gasteiger partial charge < -0.3 is 19.6 Å². The number of Topliss-reactive ketones (excluding diaryl/α,β-unsaturated/α-hetero) is 1. The van der Waals surface area contributed by atoms with Crippen LogP contribution >= 0.6 is 0 Å². The van der Waals surface area contributed by atoms with Gasteiger partial charge in [0.25, 0.3) is 11.7 Å². The van der Waals surface area contributed by atoms with E-state index in [-0.39, 0.29) is 23.0 Å². The van der Waals surface area contributed by atoms with Crippen molar-refractivity contribution in [2.45, 2.75) is 39.8 Å². The summed E-state index contributed by atoms with van der Waals surface area (Å²) in [6.45, 7) is 10.5.